The van der Waals surface area contributed by atoms with Gasteiger partial charge in [-0.25, -0.2) is 0 Å². The fourth-order valence-electron chi connectivity index (χ4n) is 4.62. The van der Waals surface area contributed by atoms with Gasteiger partial charge in [-0.2, -0.15) is 0 Å². The van der Waals surface area contributed by atoms with Gasteiger partial charge in [0.2, 0.25) is 5.34 Å². The molecule has 5 nitrogen and oxygen atoms in total. The number of aliphatic hydroxyl groups is 1. The van der Waals surface area contributed by atoms with E-state index in [0.29, 0.717) is 10.9 Å². The Morgan fingerprint density at radius 3 is 1.35 bits per heavy atom. The van der Waals surface area contributed by atoms with Gasteiger partial charge in [0.25, 0.3) is 0 Å². The second-order valence-corrected chi connectivity index (χ2v) is 13.4. The van der Waals surface area contributed by atoms with Crippen LogP contribution in [0.25, 0.3) is 0 Å². The van der Waals surface area contributed by atoms with Gasteiger partial charge in [0.15, 0.2) is 0 Å². The van der Waals surface area contributed by atoms with Gasteiger partial charge in [-0.15, -0.1) is 0 Å². The van der Waals surface area contributed by atoms with Crippen LogP contribution in [0.4, 0.5) is 0 Å². The molecule has 0 bridgehead atoms. The van der Waals surface area contributed by atoms with Crippen LogP contribution in [0.3, 0.4) is 0 Å². The van der Waals surface area contributed by atoms with Crippen molar-refractivity contribution in [3.63, 3.8) is 0 Å². The summed E-state index contributed by atoms with van der Waals surface area (Å²) in [5.41, 5.74) is 0. The summed E-state index contributed by atoms with van der Waals surface area (Å²) in [6, 6.07) is 0. The minimum atomic E-state index is -4.54. The van der Waals surface area contributed by atoms with Crippen LogP contribution in [0.1, 0.15) is 135 Å². The van der Waals surface area contributed by atoms with Crippen molar-refractivity contribution in [2.24, 2.45) is 0 Å². The Hall–Kier alpha value is -0.190. The number of hydrogen-bond donors (Lipinski definition) is 3. The van der Waals surface area contributed by atoms with E-state index < -0.39 is 12.9 Å². The Morgan fingerprint density at radius 1 is 0.647 bits per heavy atom. The van der Waals surface area contributed by atoms with Gasteiger partial charge >= 0.3 is 7.60 Å². The zero-order valence-corrected chi connectivity index (χ0v) is 24.0. The maximum Gasteiger partial charge on any atom is 0.362 e. The number of quaternary nitrogens is 1. The van der Waals surface area contributed by atoms with Gasteiger partial charge in [-0.05, 0) is 38.5 Å². The van der Waals surface area contributed by atoms with Crippen molar-refractivity contribution in [3.8, 4) is 0 Å². The Balaban J connectivity index is 3.52. The largest absolute Gasteiger partial charge is 0.373 e. The van der Waals surface area contributed by atoms with E-state index in [9.17, 15) is 19.5 Å². The van der Waals surface area contributed by atoms with Crippen LogP contribution in [-0.4, -0.2) is 52.4 Å². The summed E-state index contributed by atoms with van der Waals surface area (Å²) in [5.74, 6) is 0. The minimum absolute atomic E-state index is 0.0627. The molecule has 1 unspecified atom stereocenters. The van der Waals surface area contributed by atoms with Gasteiger partial charge < -0.3 is 19.4 Å². The summed E-state index contributed by atoms with van der Waals surface area (Å²) in [5, 5.41) is 8.65. The first-order chi connectivity index (χ1) is 16.0. The fraction of sp³-hybridized carbons (Fsp3) is 0.929. The molecular weight excluding hydrogens is 445 g/mol. The van der Waals surface area contributed by atoms with E-state index in [0.717, 1.165) is 12.8 Å². The molecule has 0 aromatic rings. The molecule has 34 heavy (non-hydrogen) atoms. The second-order valence-electron chi connectivity index (χ2n) is 11.4. The SMILES string of the molecule is CCCCCCC/C=C\CCCCCCCCCCCCCCC(O)(C[N+](C)(C)C)P(=O)(O)O. The van der Waals surface area contributed by atoms with Crippen LogP contribution >= 0.6 is 7.60 Å². The molecule has 0 spiro atoms. The van der Waals surface area contributed by atoms with Crippen LogP contribution in [0, 0.1) is 0 Å². The topological polar surface area (TPSA) is 77.8 Å². The van der Waals surface area contributed by atoms with E-state index in [2.05, 4.69) is 19.1 Å². The smallest absolute Gasteiger partial charge is 0.362 e. The molecule has 6 heteroatoms. The zero-order valence-electron chi connectivity index (χ0n) is 23.1. The van der Waals surface area contributed by atoms with Crippen molar-refractivity contribution in [3.05, 3.63) is 12.2 Å². The summed E-state index contributed by atoms with van der Waals surface area (Å²) >= 11 is 0. The number of hydrogen-bond acceptors (Lipinski definition) is 2. The summed E-state index contributed by atoms with van der Waals surface area (Å²) in [6.07, 6.45) is 28.7. The first kappa shape index (κ1) is 33.8. The molecule has 0 saturated carbocycles. The number of unbranched alkanes of at least 4 members (excludes halogenated alkanes) is 17. The van der Waals surface area contributed by atoms with Crippen LogP contribution in [0.15, 0.2) is 12.2 Å². The first-order valence-corrected chi connectivity index (χ1v) is 15.9. The Morgan fingerprint density at radius 2 is 1.00 bits per heavy atom. The standard InChI is InChI=1S/C28H58NO4P/c1-5-6-7-8-9-10-11-12-13-14-15-16-17-18-19-20-21-22-23-24-25-26-28(30,34(31,32)33)27-29(2,3)4/h11-12,30H,5-10,13-27H2,1-4H3,(H-,31,32,33)/p+1/b12-11-. The molecule has 0 aliphatic heterocycles. The molecule has 0 amide bonds. The lowest BCUT2D eigenvalue weighted by Crippen LogP contribution is -2.49. The van der Waals surface area contributed by atoms with E-state index in [1.807, 2.05) is 21.1 Å². The Kier molecular flexibility index (Phi) is 19.8. The molecule has 204 valence electrons. The number of nitrogens with zero attached hydrogens (tertiary/aromatic N) is 1. The van der Waals surface area contributed by atoms with Crippen molar-refractivity contribution < 1.29 is 23.9 Å². The van der Waals surface area contributed by atoms with Gasteiger partial charge in [0, 0.05) is 0 Å². The first-order valence-electron chi connectivity index (χ1n) is 14.3. The molecule has 0 radical (unpaired) electrons. The highest BCUT2D eigenvalue weighted by atomic mass is 31.2. The van der Waals surface area contributed by atoms with E-state index in [1.54, 1.807) is 0 Å². The van der Waals surface area contributed by atoms with E-state index in [-0.39, 0.29) is 13.0 Å². The van der Waals surface area contributed by atoms with E-state index >= 15 is 0 Å². The fourth-order valence-corrected chi connectivity index (χ4v) is 5.67. The summed E-state index contributed by atoms with van der Waals surface area (Å²) < 4.78 is 12.1. The molecule has 0 rings (SSSR count). The van der Waals surface area contributed by atoms with Crippen molar-refractivity contribution in [1.29, 1.82) is 0 Å². The molecule has 0 saturated heterocycles. The second kappa shape index (κ2) is 19.9. The van der Waals surface area contributed by atoms with E-state index in [4.69, 9.17) is 0 Å². The summed E-state index contributed by atoms with van der Waals surface area (Å²) in [6.45, 7) is 2.33. The molecule has 0 aromatic carbocycles. The van der Waals surface area contributed by atoms with Crippen LogP contribution in [0.5, 0.6) is 0 Å². The number of likely N-dealkylation sites (N-methyl/N-ethyl adjacent to an activating group) is 1. The van der Waals surface area contributed by atoms with Crippen molar-refractivity contribution >= 4 is 7.60 Å². The quantitative estimate of drug-likeness (QED) is 0.0539. The van der Waals surface area contributed by atoms with Crippen LogP contribution in [0.2, 0.25) is 0 Å². The predicted octanol–water partition coefficient (Wildman–Crippen LogP) is 7.94. The predicted molar refractivity (Wildman–Crippen MR) is 147 cm³/mol. The average Bonchev–Trinajstić information content (AvgIpc) is 2.73. The average molecular weight is 505 g/mol. The van der Waals surface area contributed by atoms with Gasteiger partial charge in [-0.3, -0.25) is 4.57 Å². The third-order valence-electron chi connectivity index (χ3n) is 6.61. The van der Waals surface area contributed by atoms with Crippen LogP contribution in [-0.2, 0) is 4.57 Å². The highest BCUT2D eigenvalue weighted by molar-refractivity contribution is 7.53. The summed E-state index contributed by atoms with van der Waals surface area (Å²) in [4.78, 5) is 19.2. The lowest BCUT2D eigenvalue weighted by molar-refractivity contribution is -0.875. The molecule has 0 heterocycles. The minimum Gasteiger partial charge on any atom is -0.373 e. The number of rotatable bonds is 24. The molecular formula is C28H59NO4P+. The summed E-state index contributed by atoms with van der Waals surface area (Å²) in [7, 11) is 0.986. The molecule has 0 aliphatic carbocycles. The maximum absolute atomic E-state index is 11.8. The molecule has 0 aromatic heterocycles. The van der Waals surface area contributed by atoms with Gasteiger partial charge in [0.1, 0.15) is 6.54 Å². The van der Waals surface area contributed by atoms with Crippen LogP contribution < -0.4 is 0 Å². The van der Waals surface area contributed by atoms with Crippen molar-refractivity contribution in [1.82, 2.24) is 0 Å². The monoisotopic (exact) mass is 504 g/mol. The molecule has 1 atom stereocenters. The van der Waals surface area contributed by atoms with Crippen molar-refractivity contribution in [2.75, 3.05) is 27.7 Å². The molecule has 3 N–H and O–H groups in total. The third kappa shape index (κ3) is 20.0. The zero-order chi connectivity index (χ0) is 25.8. The van der Waals surface area contributed by atoms with E-state index in [1.165, 1.54) is 103 Å². The third-order valence-corrected chi connectivity index (χ3v) is 8.06. The molecule has 0 aliphatic rings. The normalized spacial score (nSPS) is 14.7. The Labute approximate surface area is 212 Å². The van der Waals surface area contributed by atoms with Gasteiger partial charge in [0.05, 0.1) is 21.1 Å². The van der Waals surface area contributed by atoms with Crippen molar-refractivity contribution in [2.45, 2.75) is 141 Å². The highest BCUT2D eigenvalue weighted by Gasteiger charge is 2.48. The lowest BCUT2D eigenvalue weighted by Gasteiger charge is -2.35. The number of allylic oxidation sites excluding steroid dienone is 2. The maximum atomic E-state index is 11.8. The Bertz CT molecular complexity index is 541. The molecule has 0 fully saturated rings. The highest BCUT2D eigenvalue weighted by Crippen LogP contribution is 2.52. The van der Waals surface area contributed by atoms with Gasteiger partial charge in [-0.1, -0.05) is 109 Å². The lowest BCUT2D eigenvalue weighted by atomic mass is 10.0.